The number of amides is 1. The Kier molecular flexibility index (Phi) is 3.82. The van der Waals surface area contributed by atoms with Crippen LogP contribution in [0, 0.1) is 6.92 Å². The van der Waals surface area contributed by atoms with Gasteiger partial charge in [-0.25, -0.2) is 4.79 Å². The number of hydrogen-bond acceptors (Lipinski definition) is 3. The molecule has 1 saturated heterocycles. The van der Waals surface area contributed by atoms with E-state index in [-0.39, 0.29) is 5.91 Å². The lowest BCUT2D eigenvalue weighted by molar-refractivity contribution is -0.140. The summed E-state index contributed by atoms with van der Waals surface area (Å²) in [6, 6.07) is 4.33. The number of benzene rings is 1. The number of thioether (sulfide) groups is 1. The molecule has 0 saturated carbocycles. The van der Waals surface area contributed by atoms with Crippen LogP contribution in [0.25, 0.3) is 0 Å². The van der Waals surface area contributed by atoms with E-state index >= 15 is 0 Å². The molecule has 0 aliphatic carbocycles. The zero-order valence-corrected chi connectivity index (χ0v) is 11.3. The first kappa shape index (κ1) is 13.2. The third-order valence-corrected chi connectivity index (χ3v) is 4.35. The van der Waals surface area contributed by atoms with Crippen molar-refractivity contribution in [3.05, 3.63) is 34.3 Å². The van der Waals surface area contributed by atoms with Crippen LogP contribution >= 0.6 is 23.4 Å². The summed E-state index contributed by atoms with van der Waals surface area (Å²) < 4.78 is 0. The van der Waals surface area contributed by atoms with Gasteiger partial charge >= 0.3 is 5.97 Å². The maximum Gasteiger partial charge on any atom is 0.327 e. The number of carboxylic acids is 1. The van der Waals surface area contributed by atoms with Gasteiger partial charge in [0.1, 0.15) is 6.04 Å². The molecule has 0 aromatic heterocycles. The van der Waals surface area contributed by atoms with Crippen molar-refractivity contribution >= 4 is 35.2 Å². The fourth-order valence-corrected chi connectivity index (χ4v) is 3.16. The zero-order valence-electron chi connectivity index (χ0n) is 9.72. The highest BCUT2D eigenvalue weighted by Gasteiger charge is 2.35. The fourth-order valence-electron chi connectivity index (χ4n) is 1.84. The van der Waals surface area contributed by atoms with Crippen LogP contribution in [0.15, 0.2) is 18.2 Å². The highest BCUT2D eigenvalue weighted by atomic mass is 35.5. The second kappa shape index (κ2) is 5.20. The Hall–Kier alpha value is -1.20. The van der Waals surface area contributed by atoms with E-state index in [0.29, 0.717) is 27.8 Å². The Morgan fingerprint density at radius 2 is 2.22 bits per heavy atom. The topological polar surface area (TPSA) is 57.6 Å². The number of hydrogen-bond donors (Lipinski definition) is 1. The second-order valence-electron chi connectivity index (χ2n) is 4.04. The van der Waals surface area contributed by atoms with E-state index < -0.39 is 12.0 Å². The lowest BCUT2D eigenvalue weighted by Gasteiger charge is -2.21. The first-order valence-corrected chi connectivity index (χ1v) is 6.92. The summed E-state index contributed by atoms with van der Waals surface area (Å²) in [4.78, 5) is 24.8. The first-order valence-electron chi connectivity index (χ1n) is 5.39. The number of carbonyl (C=O) groups excluding carboxylic acids is 1. The molecule has 1 heterocycles. The molecule has 1 atom stereocenters. The van der Waals surface area contributed by atoms with Crippen molar-refractivity contribution in [2.24, 2.45) is 0 Å². The lowest BCUT2D eigenvalue weighted by Crippen LogP contribution is -2.42. The molecule has 96 valence electrons. The zero-order chi connectivity index (χ0) is 13.3. The highest BCUT2D eigenvalue weighted by molar-refractivity contribution is 7.99. The molecular formula is C12H12ClNO3S. The van der Waals surface area contributed by atoms with E-state index in [1.165, 1.54) is 16.7 Å². The van der Waals surface area contributed by atoms with Gasteiger partial charge in [0.2, 0.25) is 0 Å². The predicted octanol–water partition coefficient (Wildman–Crippen LogP) is 2.25. The summed E-state index contributed by atoms with van der Waals surface area (Å²) in [6.07, 6.45) is 0. The Bertz CT molecular complexity index is 506. The van der Waals surface area contributed by atoms with Crippen LogP contribution in [-0.2, 0) is 4.79 Å². The standard InChI is InChI=1S/C12H12ClNO3S/c1-7-8(3-2-4-9(7)13)11(15)14-6-18-5-10(14)12(16)17/h2-4,10H,5-6H2,1H3,(H,16,17)/t10-/m0/s1. The summed E-state index contributed by atoms with van der Waals surface area (Å²) in [5.41, 5.74) is 1.15. The van der Waals surface area contributed by atoms with Crippen molar-refractivity contribution < 1.29 is 14.7 Å². The summed E-state index contributed by atoms with van der Waals surface area (Å²) in [6.45, 7) is 1.76. The molecule has 2 rings (SSSR count). The largest absolute Gasteiger partial charge is 0.480 e. The molecule has 4 nitrogen and oxygen atoms in total. The molecule has 0 radical (unpaired) electrons. The van der Waals surface area contributed by atoms with E-state index in [9.17, 15) is 9.59 Å². The smallest absolute Gasteiger partial charge is 0.327 e. The Labute approximate surface area is 114 Å². The molecule has 1 fully saturated rings. The molecule has 1 aliphatic rings. The van der Waals surface area contributed by atoms with Gasteiger partial charge in [0, 0.05) is 16.3 Å². The lowest BCUT2D eigenvalue weighted by atomic mass is 10.1. The number of aliphatic carboxylic acids is 1. The van der Waals surface area contributed by atoms with Crippen LogP contribution in [0.1, 0.15) is 15.9 Å². The number of carbonyl (C=O) groups is 2. The highest BCUT2D eigenvalue weighted by Crippen LogP contribution is 2.26. The van der Waals surface area contributed by atoms with Crippen LogP contribution in [0.5, 0.6) is 0 Å². The molecular weight excluding hydrogens is 274 g/mol. The maximum atomic E-state index is 12.3. The molecule has 1 aliphatic heterocycles. The molecule has 0 spiro atoms. The normalized spacial score (nSPS) is 19.0. The minimum atomic E-state index is -0.965. The van der Waals surface area contributed by atoms with Gasteiger partial charge in [-0.2, -0.15) is 0 Å². The molecule has 0 bridgehead atoms. The first-order chi connectivity index (χ1) is 8.52. The van der Waals surface area contributed by atoms with Crippen LogP contribution in [0.4, 0.5) is 0 Å². The number of nitrogens with zero attached hydrogens (tertiary/aromatic N) is 1. The summed E-state index contributed by atoms with van der Waals surface area (Å²) in [5.74, 6) is -0.400. The Morgan fingerprint density at radius 3 is 2.89 bits per heavy atom. The molecule has 18 heavy (non-hydrogen) atoms. The Balaban J connectivity index is 2.31. The fraction of sp³-hybridized carbons (Fsp3) is 0.333. The van der Waals surface area contributed by atoms with Gasteiger partial charge < -0.3 is 10.0 Å². The number of halogens is 1. The van der Waals surface area contributed by atoms with Crippen molar-refractivity contribution in [2.75, 3.05) is 11.6 Å². The minimum absolute atomic E-state index is 0.271. The van der Waals surface area contributed by atoms with Crippen LogP contribution < -0.4 is 0 Å². The van der Waals surface area contributed by atoms with Gasteiger partial charge in [0.25, 0.3) is 5.91 Å². The van der Waals surface area contributed by atoms with Crippen LogP contribution in [0.2, 0.25) is 5.02 Å². The predicted molar refractivity (Wildman–Crippen MR) is 71.1 cm³/mol. The maximum absolute atomic E-state index is 12.3. The van der Waals surface area contributed by atoms with Crippen molar-refractivity contribution in [1.82, 2.24) is 4.90 Å². The average Bonchev–Trinajstić information content (AvgIpc) is 2.81. The van der Waals surface area contributed by atoms with E-state index in [4.69, 9.17) is 16.7 Å². The van der Waals surface area contributed by atoms with Crippen molar-refractivity contribution in [1.29, 1.82) is 0 Å². The Morgan fingerprint density at radius 1 is 1.50 bits per heavy atom. The quantitative estimate of drug-likeness (QED) is 0.905. The average molecular weight is 286 g/mol. The molecule has 1 N–H and O–H groups in total. The number of carboxylic acid groups (broad SMARTS) is 1. The van der Waals surface area contributed by atoms with E-state index in [1.807, 2.05) is 0 Å². The third-order valence-electron chi connectivity index (χ3n) is 2.93. The van der Waals surface area contributed by atoms with Crippen molar-refractivity contribution in [3.8, 4) is 0 Å². The van der Waals surface area contributed by atoms with Gasteiger partial charge in [-0.05, 0) is 24.6 Å². The summed E-state index contributed by atoms with van der Waals surface area (Å²) in [5, 5.41) is 9.58. The molecule has 1 aromatic rings. The van der Waals surface area contributed by atoms with E-state index in [2.05, 4.69) is 0 Å². The van der Waals surface area contributed by atoms with Crippen LogP contribution in [0.3, 0.4) is 0 Å². The van der Waals surface area contributed by atoms with Crippen LogP contribution in [-0.4, -0.2) is 39.6 Å². The number of rotatable bonds is 2. The third kappa shape index (κ3) is 2.33. The molecule has 0 unspecified atom stereocenters. The summed E-state index contributed by atoms with van der Waals surface area (Å²) in [7, 11) is 0. The molecule has 6 heteroatoms. The SMILES string of the molecule is Cc1c(Cl)cccc1C(=O)N1CSC[C@H]1C(=O)O. The minimum Gasteiger partial charge on any atom is -0.480 e. The van der Waals surface area contributed by atoms with Gasteiger partial charge in [0.15, 0.2) is 0 Å². The van der Waals surface area contributed by atoms with Gasteiger partial charge in [-0.15, -0.1) is 11.8 Å². The van der Waals surface area contributed by atoms with E-state index in [1.54, 1.807) is 25.1 Å². The van der Waals surface area contributed by atoms with Gasteiger partial charge in [-0.3, -0.25) is 4.79 Å². The van der Waals surface area contributed by atoms with Gasteiger partial charge in [-0.1, -0.05) is 17.7 Å². The van der Waals surface area contributed by atoms with E-state index in [0.717, 1.165) is 0 Å². The summed E-state index contributed by atoms with van der Waals surface area (Å²) >= 11 is 7.41. The van der Waals surface area contributed by atoms with Crippen molar-refractivity contribution in [2.45, 2.75) is 13.0 Å². The van der Waals surface area contributed by atoms with Crippen molar-refractivity contribution in [3.63, 3.8) is 0 Å². The molecule has 1 aromatic carbocycles. The second-order valence-corrected chi connectivity index (χ2v) is 5.45. The van der Waals surface area contributed by atoms with Gasteiger partial charge in [0.05, 0.1) is 5.88 Å². The molecule has 1 amide bonds. The monoisotopic (exact) mass is 285 g/mol.